The molecule has 0 aliphatic heterocycles. The largest absolute Gasteiger partial charge is 0.493 e. The van der Waals surface area contributed by atoms with Crippen molar-refractivity contribution in [2.75, 3.05) is 21.3 Å². The van der Waals surface area contributed by atoms with Gasteiger partial charge in [-0.25, -0.2) is 0 Å². The highest BCUT2D eigenvalue weighted by molar-refractivity contribution is 5.86. The molecule has 156 valence electrons. The molecule has 0 radical (unpaired) electrons. The van der Waals surface area contributed by atoms with Crippen molar-refractivity contribution in [3.63, 3.8) is 0 Å². The molecule has 8 heteroatoms. The average Bonchev–Trinajstić information content (AvgIpc) is 3.48. The van der Waals surface area contributed by atoms with Crippen LogP contribution in [-0.4, -0.2) is 37.5 Å². The van der Waals surface area contributed by atoms with Crippen LogP contribution in [0.25, 0.3) is 11.5 Å². The van der Waals surface area contributed by atoms with Crippen molar-refractivity contribution >= 4 is 5.97 Å². The zero-order valence-electron chi connectivity index (χ0n) is 17.0. The van der Waals surface area contributed by atoms with Crippen molar-refractivity contribution in [1.82, 2.24) is 10.2 Å². The second kappa shape index (κ2) is 8.06. The quantitative estimate of drug-likeness (QED) is 0.521. The lowest BCUT2D eigenvalue weighted by molar-refractivity contribution is -0.148. The lowest BCUT2D eigenvalue weighted by atomic mass is 9.96. The molecule has 0 bridgehead atoms. The van der Waals surface area contributed by atoms with Crippen molar-refractivity contribution in [3.05, 3.63) is 53.9 Å². The third-order valence-electron chi connectivity index (χ3n) is 5.17. The molecule has 0 amide bonds. The molecule has 0 unspecified atom stereocenters. The Bertz CT molecular complexity index is 1020. The van der Waals surface area contributed by atoms with Gasteiger partial charge in [0.2, 0.25) is 11.6 Å². The average molecular weight is 410 g/mol. The minimum atomic E-state index is -0.555. The molecule has 1 saturated carbocycles. The number of esters is 1. The van der Waals surface area contributed by atoms with Gasteiger partial charge in [-0.05, 0) is 30.5 Å². The predicted octanol–water partition coefficient (Wildman–Crippen LogP) is 3.54. The fraction of sp³-hybridized carbons (Fsp3) is 0.318. The van der Waals surface area contributed by atoms with Crippen LogP contribution in [0.3, 0.4) is 0 Å². The molecule has 30 heavy (non-hydrogen) atoms. The Hall–Kier alpha value is -3.55. The Balaban J connectivity index is 1.48. The summed E-state index contributed by atoms with van der Waals surface area (Å²) in [4.78, 5) is 12.7. The number of ether oxygens (including phenoxy) is 4. The van der Waals surface area contributed by atoms with E-state index in [1.807, 2.05) is 30.3 Å². The Morgan fingerprint density at radius 1 is 1.00 bits per heavy atom. The van der Waals surface area contributed by atoms with Gasteiger partial charge in [-0.1, -0.05) is 30.3 Å². The van der Waals surface area contributed by atoms with Crippen LogP contribution in [0.1, 0.15) is 24.3 Å². The molecule has 0 N–H and O–H groups in total. The topological polar surface area (TPSA) is 92.9 Å². The van der Waals surface area contributed by atoms with E-state index in [4.69, 9.17) is 23.4 Å². The lowest BCUT2D eigenvalue weighted by Crippen LogP contribution is -2.23. The van der Waals surface area contributed by atoms with Gasteiger partial charge in [0.25, 0.3) is 5.89 Å². The predicted molar refractivity (Wildman–Crippen MR) is 107 cm³/mol. The van der Waals surface area contributed by atoms with Gasteiger partial charge in [0, 0.05) is 5.56 Å². The SMILES string of the molecule is COc1cc(-c2nnc(COC(=O)C3(c4ccccc4)CC3)o2)cc(OC)c1OC. The van der Waals surface area contributed by atoms with Gasteiger partial charge < -0.3 is 23.4 Å². The van der Waals surface area contributed by atoms with E-state index in [0.29, 0.717) is 22.8 Å². The fourth-order valence-corrected chi connectivity index (χ4v) is 3.39. The van der Waals surface area contributed by atoms with E-state index in [2.05, 4.69) is 10.2 Å². The number of carbonyl (C=O) groups is 1. The second-order valence-electron chi connectivity index (χ2n) is 6.94. The highest BCUT2D eigenvalue weighted by Gasteiger charge is 2.52. The van der Waals surface area contributed by atoms with Crippen LogP contribution in [-0.2, 0) is 21.6 Å². The molecule has 1 heterocycles. The third-order valence-corrected chi connectivity index (χ3v) is 5.17. The first-order valence-corrected chi connectivity index (χ1v) is 9.47. The van der Waals surface area contributed by atoms with Gasteiger partial charge in [0.1, 0.15) is 0 Å². The lowest BCUT2D eigenvalue weighted by Gasteiger charge is -2.13. The van der Waals surface area contributed by atoms with E-state index < -0.39 is 5.41 Å². The molecule has 1 aromatic heterocycles. The van der Waals surface area contributed by atoms with E-state index >= 15 is 0 Å². The second-order valence-corrected chi connectivity index (χ2v) is 6.94. The van der Waals surface area contributed by atoms with E-state index in [0.717, 1.165) is 18.4 Å². The summed E-state index contributed by atoms with van der Waals surface area (Å²) < 4.78 is 27.2. The highest BCUT2D eigenvalue weighted by atomic mass is 16.5. The Morgan fingerprint density at radius 2 is 1.67 bits per heavy atom. The van der Waals surface area contributed by atoms with E-state index in [9.17, 15) is 4.79 Å². The summed E-state index contributed by atoms with van der Waals surface area (Å²) in [6.07, 6.45) is 1.55. The summed E-state index contributed by atoms with van der Waals surface area (Å²) >= 11 is 0. The third kappa shape index (κ3) is 3.56. The molecule has 1 fully saturated rings. The molecule has 3 aromatic rings. The van der Waals surface area contributed by atoms with Gasteiger partial charge in [-0.2, -0.15) is 0 Å². The summed E-state index contributed by atoms with van der Waals surface area (Å²) in [7, 11) is 4.59. The molecule has 4 rings (SSSR count). The highest BCUT2D eigenvalue weighted by Crippen LogP contribution is 2.49. The van der Waals surface area contributed by atoms with Crippen LogP contribution in [0.4, 0.5) is 0 Å². The minimum Gasteiger partial charge on any atom is -0.493 e. The Labute approximate surface area is 173 Å². The number of benzene rings is 2. The Kier molecular flexibility index (Phi) is 5.31. The number of nitrogens with zero attached hydrogens (tertiary/aromatic N) is 2. The van der Waals surface area contributed by atoms with Crippen LogP contribution in [0.2, 0.25) is 0 Å². The first kappa shape index (κ1) is 19.8. The van der Waals surface area contributed by atoms with Crippen molar-refractivity contribution in [3.8, 4) is 28.7 Å². The summed E-state index contributed by atoms with van der Waals surface area (Å²) in [6.45, 7) is -0.0924. The molecule has 0 saturated heterocycles. The summed E-state index contributed by atoms with van der Waals surface area (Å²) in [6, 6.07) is 13.1. The molecule has 1 aliphatic carbocycles. The maximum absolute atomic E-state index is 12.7. The number of carbonyl (C=O) groups excluding carboxylic acids is 1. The number of aromatic nitrogens is 2. The molecule has 2 aromatic carbocycles. The molecular formula is C22H22N2O6. The van der Waals surface area contributed by atoms with Gasteiger partial charge >= 0.3 is 5.97 Å². The van der Waals surface area contributed by atoms with Crippen LogP contribution >= 0.6 is 0 Å². The fourth-order valence-electron chi connectivity index (χ4n) is 3.39. The minimum absolute atomic E-state index is 0.0924. The van der Waals surface area contributed by atoms with Crippen molar-refractivity contribution in [1.29, 1.82) is 0 Å². The molecule has 8 nitrogen and oxygen atoms in total. The van der Waals surface area contributed by atoms with E-state index in [-0.39, 0.29) is 24.4 Å². The van der Waals surface area contributed by atoms with E-state index in [1.165, 1.54) is 21.3 Å². The number of methoxy groups -OCH3 is 3. The summed E-state index contributed by atoms with van der Waals surface area (Å²) in [5.74, 6) is 1.59. The maximum Gasteiger partial charge on any atom is 0.317 e. The smallest absolute Gasteiger partial charge is 0.317 e. The molecule has 0 atom stereocenters. The van der Waals surface area contributed by atoms with Gasteiger partial charge in [-0.15, -0.1) is 10.2 Å². The van der Waals surface area contributed by atoms with E-state index in [1.54, 1.807) is 12.1 Å². The van der Waals surface area contributed by atoms with Crippen molar-refractivity contribution in [2.45, 2.75) is 24.9 Å². The summed E-state index contributed by atoms with van der Waals surface area (Å²) in [5.41, 5.74) is 1.01. The van der Waals surface area contributed by atoms with Crippen molar-refractivity contribution in [2.24, 2.45) is 0 Å². The molecule has 1 aliphatic rings. The number of rotatable bonds is 8. The summed E-state index contributed by atoms with van der Waals surface area (Å²) in [5, 5.41) is 8.03. The first-order chi connectivity index (χ1) is 14.6. The first-order valence-electron chi connectivity index (χ1n) is 9.47. The molecular weight excluding hydrogens is 388 g/mol. The van der Waals surface area contributed by atoms with Crippen LogP contribution in [0.15, 0.2) is 46.9 Å². The number of hydrogen-bond donors (Lipinski definition) is 0. The maximum atomic E-state index is 12.7. The van der Waals surface area contributed by atoms with Gasteiger partial charge in [0.05, 0.1) is 26.7 Å². The number of hydrogen-bond acceptors (Lipinski definition) is 8. The monoisotopic (exact) mass is 410 g/mol. The Morgan fingerprint density at radius 3 is 2.23 bits per heavy atom. The van der Waals surface area contributed by atoms with Crippen LogP contribution in [0.5, 0.6) is 17.2 Å². The van der Waals surface area contributed by atoms with Gasteiger partial charge in [0.15, 0.2) is 18.1 Å². The van der Waals surface area contributed by atoms with Crippen LogP contribution in [0, 0.1) is 0 Å². The normalized spacial score (nSPS) is 14.1. The van der Waals surface area contributed by atoms with Crippen LogP contribution < -0.4 is 14.2 Å². The standard InChI is InChI=1S/C22H22N2O6/c1-26-16-11-14(12-17(27-2)19(16)28-3)20-24-23-18(30-20)13-29-21(25)22(9-10-22)15-7-5-4-6-8-15/h4-8,11-12H,9-10,13H2,1-3H3. The zero-order valence-corrected chi connectivity index (χ0v) is 17.0. The zero-order chi connectivity index (χ0) is 21.1. The van der Waals surface area contributed by atoms with Crippen molar-refractivity contribution < 1.29 is 28.2 Å². The van der Waals surface area contributed by atoms with Gasteiger partial charge in [-0.3, -0.25) is 4.79 Å². The molecule has 0 spiro atoms.